The topological polar surface area (TPSA) is 49.4 Å². The number of benzene rings is 1. The molecule has 0 fully saturated rings. The number of ether oxygens (including phenoxy) is 1. The monoisotopic (exact) mass is 271 g/mol. The van der Waals surface area contributed by atoms with E-state index in [0.29, 0.717) is 16.8 Å². The lowest BCUT2D eigenvalue weighted by Crippen LogP contribution is -2.22. The first-order chi connectivity index (χ1) is 7.13. The van der Waals surface area contributed by atoms with Crippen LogP contribution in [0.4, 0.5) is 0 Å². The summed E-state index contributed by atoms with van der Waals surface area (Å²) in [6, 6.07) is 4.69. The maximum atomic E-state index is 10.6. The lowest BCUT2D eigenvalue weighted by Gasteiger charge is -2.09. The van der Waals surface area contributed by atoms with Crippen molar-refractivity contribution in [2.24, 2.45) is 0 Å². The largest absolute Gasteiger partial charge is 0.545 e. The first-order valence-corrected chi connectivity index (χ1v) is 5.57. The molecule has 82 valence electrons. The molecule has 0 heterocycles. The maximum Gasteiger partial charge on any atom is 0.121 e. The summed E-state index contributed by atoms with van der Waals surface area (Å²) in [5.74, 6) is -0.645. The van der Waals surface area contributed by atoms with Crippen LogP contribution < -0.4 is 9.84 Å². The van der Waals surface area contributed by atoms with Gasteiger partial charge in [0.25, 0.3) is 0 Å². The molecular formula is C11H12BrO3-. The van der Waals surface area contributed by atoms with Gasteiger partial charge in [-0.2, -0.15) is 0 Å². The van der Waals surface area contributed by atoms with Crippen LogP contribution in [0.3, 0.4) is 0 Å². The molecule has 0 N–H and O–H groups in total. The number of carboxylic acids is 1. The average Bonchev–Trinajstić information content (AvgIpc) is 2.17. The number of aromatic carboxylic acids is 1. The molecule has 0 radical (unpaired) electrons. The summed E-state index contributed by atoms with van der Waals surface area (Å²) in [6.45, 7) is 2.66. The second kappa shape index (κ2) is 5.75. The summed E-state index contributed by atoms with van der Waals surface area (Å²) < 4.78 is 6.07. The minimum absolute atomic E-state index is 0.121. The molecule has 0 aromatic heterocycles. The van der Waals surface area contributed by atoms with E-state index in [2.05, 4.69) is 22.9 Å². The second-order valence-electron chi connectivity index (χ2n) is 3.17. The van der Waals surface area contributed by atoms with Gasteiger partial charge in [0.05, 0.1) is 12.6 Å². The van der Waals surface area contributed by atoms with Crippen molar-refractivity contribution in [3.05, 3.63) is 28.2 Å². The van der Waals surface area contributed by atoms with Crippen molar-refractivity contribution >= 4 is 21.9 Å². The van der Waals surface area contributed by atoms with Crippen LogP contribution in [0.2, 0.25) is 0 Å². The third-order valence-corrected chi connectivity index (χ3v) is 2.33. The highest BCUT2D eigenvalue weighted by molar-refractivity contribution is 9.10. The number of hydrogen-bond donors (Lipinski definition) is 0. The van der Waals surface area contributed by atoms with Crippen molar-refractivity contribution in [2.45, 2.75) is 19.8 Å². The summed E-state index contributed by atoms with van der Waals surface area (Å²) >= 11 is 3.22. The lowest BCUT2D eigenvalue weighted by molar-refractivity contribution is -0.255. The Bertz CT molecular complexity index is 350. The van der Waals surface area contributed by atoms with Crippen LogP contribution in [0.5, 0.6) is 5.75 Å². The molecule has 0 saturated carbocycles. The predicted molar refractivity (Wildman–Crippen MR) is 58.9 cm³/mol. The number of hydrogen-bond acceptors (Lipinski definition) is 3. The van der Waals surface area contributed by atoms with Gasteiger partial charge in [0, 0.05) is 10.0 Å². The van der Waals surface area contributed by atoms with Crippen molar-refractivity contribution < 1.29 is 14.6 Å². The number of rotatable bonds is 5. The minimum Gasteiger partial charge on any atom is -0.545 e. The fourth-order valence-electron chi connectivity index (χ4n) is 1.10. The predicted octanol–water partition coefficient (Wildman–Crippen LogP) is 1.99. The number of carboxylic acid groups (broad SMARTS) is 1. The van der Waals surface area contributed by atoms with E-state index in [-0.39, 0.29) is 5.56 Å². The zero-order valence-electron chi connectivity index (χ0n) is 8.46. The first kappa shape index (κ1) is 12.0. The van der Waals surface area contributed by atoms with Crippen molar-refractivity contribution in [3.8, 4) is 5.75 Å². The summed E-state index contributed by atoms with van der Waals surface area (Å²) in [5, 5.41) is 10.6. The van der Waals surface area contributed by atoms with Gasteiger partial charge in [-0.15, -0.1) is 0 Å². The number of carbonyl (C=O) groups is 1. The van der Waals surface area contributed by atoms with E-state index in [4.69, 9.17) is 4.74 Å². The van der Waals surface area contributed by atoms with Crippen LogP contribution in [0.25, 0.3) is 0 Å². The third-order valence-electron chi connectivity index (χ3n) is 1.87. The van der Waals surface area contributed by atoms with E-state index in [1.165, 1.54) is 12.1 Å². The lowest BCUT2D eigenvalue weighted by atomic mass is 10.2. The Kier molecular flexibility index (Phi) is 4.62. The minimum atomic E-state index is -1.20. The molecule has 0 bridgehead atoms. The smallest absolute Gasteiger partial charge is 0.121 e. The van der Waals surface area contributed by atoms with E-state index in [1.54, 1.807) is 6.07 Å². The van der Waals surface area contributed by atoms with Crippen LogP contribution in [-0.4, -0.2) is 12.6 Å². The van der Waals surface area contributed by atoms with Gasteiger partial charge < -0.3 is 14.6 Å². The Morgan fingerprint density at radius 2 is 2.20 bits per heavy atom. The second-order valence-corrected chi connectivity index (χ2v) is 4.08. The molecule has 1 aromatic carbocycles. The van der Waals surface area contributed by atoms with E-state index < -0.39 is 5.97 Å². The van der Waals surface area contributed by atoms with Gasteiger partial charge >= 0.3 is 0 Å². The number of halogens is 1. The number of carbonyl (C=O) groups excluding carboxylic acids is 1. The van der Waals surface area contributed by atoms with Gasteiger partial charge in [0.1, 0.15) is 5.75 Å². The zero-order chi connectivity index (χ0) is 11.3. The molecule has 0 unspecified atom stereocenters. The van der Waals surface area contributed by atoms with Gasteiger partial charge in [-0.05, 0) is 24.6 Å². The highest BCUT2D eigenvalue weighted by Gasteiger charge is 2.01. The van der Waals surface area contributed by atoms with Gasteiger partial charge in [-0.25, -0.2) is 0 Å². The van der Waals surface area contributed by atoms with E-state index in [1.807, 2.05) is 0 Å². The third kappa shape index (κ3) is 3.91. The van der Waals surface area contributed by atoms with Crippen LogP contribution >= 0.6 is 15.9 Å². The Morgan fingerprint density at radius 3 is 2.80 bits per heavy atom. The Balaban J connectivity index is 2.75. The molecular weight excluding hydrogens is 260 g/mol. The van der Waals surface area contributed by atoms with Gasteiger partial charge in [-0.3, -0.25) is 0 Å². The van der Waals surface area contributed by atoms with Crippen LogP contribution in [-0.2, 0) is 0 Å². The Hall–Kier alpha value is -1.03. The first-order valence-electron chi connectivity index (χ1n) is 4.78. The fraction of sp³-hybridized carbons (Fsp3) is 0.364. The standard InChI is InChI=1S/C11H13BrO3/c1-2-3-4-15-10-6-8(11(13)14)5-9(12)7-10/h5-7H,2-4H2,1H3,(H,13,14)/p-1. The van der Waals surface area contributed by atoms with Crippen molar-refractivity contribution in [2.75, 3.05) is 6.61 Å². The molecule has 15 heavy (non-hydrogen) atoms. The Labute approximate surface area is 97.2 Å². The van der Waals surface area contributed by atoms with Crippen molar-refractivity contribution in [1.29, 1.82) is 0 Å². The SMILES string of the molecule is CCCCOc1cc(Br)cc(C(=O)[O-])c1. The molecule has 0 aliphatic heterocycles. The van der Waals surface area contributed by atoms with Crippen LogP contribution in [0.15, 0.2) is 22.7 Å². The van der Waals surface area contributed by atoms with Gasteiger partial charge in [0.2, 0.25) is 0 Å². The molecule has 4 heteroatoms. The van der Waals surface area contributed by atoms with E-state index in [9.17, 15) is 9.90 Å². The molecule has 0 atom stereocenters. The zero-order valence-corrected chi connectivity index (χ0v) is 10.0. The highest BCUT2D eigenvalue weighted by atomic mass is 79.9. The van der Waals surface area contributed by atoms with Crippen LogP contribution in [0, 0.1) is 0 Å². The van der Waals surface area contributed by atoms with E-state index >= 15 is 0 Å². The number of unbranched alkanes of at least 4 members (excludes halogenated alkanes) is 1. The van der Waals surface area contributed by atoms with Gasteiger partial charge in [-0.1, -0.05) is 29.3 Å². The summed E-state index contributed by atoms with van der Waals surface area (Å²) in [6.07, 6.45) is 1.99. The van der Waals surface area contributed by atoms with Crippen LogP contribution in [0.1, 0.15) is 30.1 Å². The normalized spacial score (nSPS) is 10.0. The molecule has 1 rings (SSSR count). The quantitative estimate of drug-likeness (QED) is 0.770. The van der Waals surface area contributed by atoms with Crippen molar-refractivity contribution in [3.63, 3.8) is 0 Å². The molecule has 0 spiro atoms. The maximum absolute atomic E-state index is 10.6. The molecule has 0 aliphatic carbocycles. The fourth-order valence-corrected chi connectivity index (χ4v) is 1.57. The summed E-state index contributed by atoms with van der Waals surface area (Å²) in [7, 11) is 0. The molecule has 3 nitrogen and oxygen atoms in total. The summed E-state index contributed by atoms with van der Waals surface area (Å²) in [5.41, 5.74) is 0.121. The molecule has 0 amide bonds. The molecule has 0 saturated heterocycles. The molecule has 1 aromatic rings. The van der Waals surface area contributed by atoms with Crippen molar-refractivity contribution in [1.82, 2.24) is 0 Å². The average molecular weight is 272 g/mol. The highest BCUT2D eigenvalue weighted by Crippen LogP contribution is 2.21. The van der Waals surface area contributed by atoms with Gasteiger partial charge in [0.15, 0.2) is 0 Å². The van der Waals surface area contributed by atoms with E-state index in [0.717, 1.165) is 12.8 Å². The summed E-state index contributed by atoms with van der Waals surface area (Å²) in [4.78, 5) is 10.6. The molecule has 0 aliphatic rings. The Morgan fingerprint density at radius 1 is 1.47 bits per heavy atom.